The van der Waals surface area contributed by atoms with Crippen LogP contribution < -0.4 is 4.72 Å². The van der Waals surface area contributed by atoms with Crippen LogP contribution in [0.15, 0.2) is 47.6 Å². The van der Waals surface area contributed by atoms with Crippen LogP contribution in [0.4, 0.5) is 0 Å². The van der Waals surface area contributed by atoms with Gasteiger partial charge >= 0.3 is 0 Å². The Bertz CT molecular complexity index is 625. The molecule has 0 aliphatic heterocycles. The Balaban J connectivity index is 1.82. The molecule has 2 aromatic rings. The van der Waals surface area contributed by atoms with E-state index in [-0.39, 0.29) is 4.90 Å². The van der Waals surface area contributed by atoms with E-state index in [1.54, 1.807) is 47.4 Å². The summed E-state index contributed by atoms with van der Waals surface area (Å²) >= 11 is 5.73. The second-order valence-electron chi connectivity index (χ2n) is 3.99. The second kappa shape index (κ2) is 6.18. The van der Waals surface area contributed by atoms with Gasteiger partial charge in [0.05, 0.1) is 16.1 Å². The number of aromatic nitrogens is 2. The monoisotopic (exact) mass is 299 g/mol. The summed E-state index contributed by atoms with van der Waals surface area (Å²) in [5.41, 5.74) is 0. The zero-order chi connectivity index (χ0) is 13.7. The first-order valence-corrected chi connectivity index (χ1v) is 7.67. The molecule has 0 atom stereocenters. The third kappa shape index (κ3) is 4.05. The predicted molar refractivity (Wildman–Crippen MR) is 73.5 cm³/mol. The van der Waals surface area contributed by atoms with Crippen molar-refractivity contribution in [2.75, 3.05) is 6.54 Å². The fourth-order valence-corrected chi connectivity index (χ4v) is 2.84. The molecular weight excluding hydrogens is 286 g/mol. The van der Waals surface area contributed by atoms with Crippen molar-refractivity contribution in [3.63, 3.8) is 0 Å². The molecular formula is C12H14ClN3O2S. The average molecular weight is 300 g/mol. The van der Waals surface area contributed by atoms with Gasteiger partial charge in [-0.3, -0.25) is 4.68 Å². The summed E-state index contributed by atoms with van der Waals surface area (Å²) in [6.07, 6.45) is 3.90. The molecule has 0 bridgehead atoms. The lowest BCUT2D eigenvalue weighted by Gasteiger charge is -2.06. The normalized spacial score (nSPS) is 11.6. The van der Waals surface area contributed by atoms with E-state index in [0.717, 1.165) is 0 Å². The van der Waals surface area contributed by atoms with E-state index in [2.05, 4.69) is 9.82 Å². The number of hydrogen-bond donors (Lipinski definition) is 1. The summed E-state index contributed by atoms with van der Waals surface area (Å²) in [4.78, 5) is 0.275. The van der Waals surface area contributed by atoms with Gasteiger partial charge < -0.3 is 0 Å². The largest absolute Gasteiger partial charge is 0.271 e. The predicted octanol–water partition coefficient (Wildman–Crippen LogP) is 1.91. The highest BCUT2D eigenvalue weighted by Crippen LogP contribution is 2.07. The Kier molecular flexibility index (Phi) is 4.57. The molecule has 0 radical (unpaired) electrons. The zero-order valence-electron chi connectivity index (χ0n) is 10.2. The summed E-state index contributed by atoms with van der Waals surface area (Å²) < 4.78 is 28.0. The molecule has 102 valence electrons. The first kappa shape index (κ1) is 14.0. The van der Waals surface area contributed by atoms with Crippen LogP contribution in [-0.2, 0) is 16.6 Å². The van der Waals surface area contributed by atoms with E-state index >= 15 is 0 Å². The van der Waals surface area contributed by atoms with Crippen LogP contribution in [0.3, 0.4) is 0 Å². The maximum Gasteiger partial charge on any atom is 0.240 e. The quantitative estimate of drug-likeness (QED) is 0.829. The highest BCUT2D eigenvalue weighted by molar-refractivity contribution is 7.89. The molecule has 0 aliphatic rings. The summed E-state index contributed by atoms with van der Waals surface area (Å²) in [5.74, 6) is 0. The molecule has 0 fully saturated rings. The van der Waals surface area contributed by atoms with E-state index < -0.39 is 10.0 Å². The van der Waals surface area contributed by atoms with E-state index in [4.69, 9.17) is 11.6 Å². The third-order valence-electron chi connectivity index (χ3n) is 2.51. The molecule has 0 spiro atoms. The number of aryl methyl sites for hydroxylation is 1. The zero-order valence-corrected chi connectivity index (χ0v) is 11.7. The van der Waals surface area contributed by atoms with Crippen molar-refractivity contribution in [1.29, 1.82) is 0 Å². The minimum absolute atomic E-state index is 0.275. The number of sulfonamides is 1. The first-order valence-electron chi connectivity index (χ1n) is 5.80. The lowest BCUT2D eigenvalue weighted by molar-refractivity contribution is 0.553. The van der Waals surface area contributed by atoms with Gasteiger partial charge in [-0.15, -0.1) is 0 Å². The van der Waals surface area contributed by atoms with E-state index in [1.807, 2.05) is 0 Å². The van der Waals surface area contributed by atoms with Gasteiger partial charge in [0.2, 0.25) is 10.0 Å². The van der Waals surface area contributed by atoms with Crippen LogP contribution in [0.5, 0.6) is 0 Å². The van der Waals surface area contributed by atoms with E-state index in [9.17, 15) is 8.42 Å². The van der Waals surface area contributed by atoms with Crippen molar-refractivity contribution in [2.24, 2.45) is 0 Å². The molecule has 0 saturated carbocycles. The summed E-state index contributed by atoms with van der Waals surface area (Å²) in [6, 6.07) is 8.30. The lowest BCUT2D eigenvalue weighted by Crippen LogP contribution is -2.25. The number of benzene rings is 1. The van der Waals surface area contributed by atoms with Crippen molar-refractivity contribution in [1.82, 2.24) is 14.5 Å². The van der Waals surface area contributed by atoms with Crippen LogP contribution in [0, 0.1) is 0 Å². The van der Waals surface area contributed by atoms with Crippen molar-refractivity contribution in [3.8, 4) is 0 Å². The highest BCUT2D eigenvalue weighted by atomic mass is 35.5. The van der Waals surface area contributed by atoms with Crippen LogP contribution in [0.25, 0.3) is 0 Å². The van der Waals surface area contributed by atoms with Crippen LogP contribution in [-0.4, -0.2) is 24.7 Å². The maximum absolute atomic E-state index is 11.9. The topological polar surface area (TPSA) is 64.0 Å². The Labute approximate surface area is 117 Å². The number of nitrogens with one attached hydrogen (secondary N) is 1. The molecule has 0 unspecified atom stereocenters. The van der Waals surface area contributed by atoms with Crippen LogP contribution in [0.2, 0.25) is 5.02 Å². The number of nitrogens with zero attached hydrogens (tertiary/aromatic N) is 2. The van der Waals surface area contributed by atoms with Gasteiger partial charge in [0, 0.05) is 19.3 Å². The second-order valence-corrected chi connectivity index (χ2v) is 6.19. The van der Waals surface area contributed by atoms with Crippen molar-refractivity contribution in [3.05, 3.63) is 47.7 Å². The van der Waals surface area contributed by atoms with E-state index in [1.165, 1.54) is 0 Å². The van der Waals surface area contributed by atoms with Gasteiger partial charge in [-0.2, -0.15) is 5.10 Å². The molecule has 5 nitrogen and oxygen atoms in total. The smallest absolute Gasteiger partial charge is 0.240 e. The molecule has 1 aromatic heterocycles. The average Bonchev–Trinajstić information content (AvgIpc) is 2.82. The molecule has 2 rings (SSSR count). The van der Waals surface area contributed by atoms with Crippen molar-refractivity contribution >= 4 is 21.6 Å². The lowest BCUT2D eigenvalue weighted by atomic mass is 10.4. The van der Waals surface area contributed by atoms with Gasteiger partial charge in [-0.1, -0.05) is 29.8 Å². The van der Waals surface area contributed by atoms with Gasteiger partial charge in [0.1, 0.15) is 0 Å². The van der Waals surface area contributed by atoms with Crippen LogP contribution >= 0.6 is 11.6 Å². The van der Waals surface area contributed by atoms with E-state index in [0.29, 0.717) is 24.5 Å². The first-order chi connectivity index (χ1) is 9.08. The van der Waals surface area contributed by atoms with Gasteiger partial charge in [0.25, 0.3) is 0 Å². The highest BCUT2D eigenvalue weighted by Gasteiger charge is 2.11. The molecule has 19 heavy (non-hydrogen) atoms. The third-order valence-corrected chi connectivity index (χ3v) is 4.18. The molecule has 0 aliphatic carbocycles. The number of rotatable bonds is 6. The Morgan fingerprint density at radius 1 is 1.26 bits per heavy atom. The number of halogens is 1. The Morgan fingerprint density at radius 2 is 2.00 bits per heavy atom. The molecule has 1 aromatic carbocycles. The fraction of sp³-hybridized carbons (Fsp3) is 0.250. The molecule has 0 amide bonds. The molecule has 1 N–H and O–H groups in total. The summed E-state index contributed by atoms with van der Waals surface area (Å²) in [6.45, 7) is 0.971. The maximum atomic E-state index is 11.9. The molecule has 7 heteroatoms. The molecule has 0 saturated heterocycles. The Morgan fingerprint density at radius 3 is 2.63 bits per heavy atom. The SMILES string of the molecule is O=S(=O)(NCCCn1cc(Cl)cn1)c1ccccc1. The summed E-state index contributed by atoms with van der Waals surface area (Å²) in [5, 5.41) is 4.59. The van der Waals surface area contributed by atoms with Gasteiger partial charge in [-0.25, -0.2) is 13.1 Å². The Hall–Kier alpha value is -1.37. The van der Waals surface area contributed by atoms with Crippen molar-refractivity contribution in [2.45, 2.75) is 17.9 Å². The fourth-order valence-electron chi connectivity index (χ4n) is 1.59. The summed E-state index contributed by atoms with van der Waals surface area (Å²) in [7, 11) is -3.42. The van der Waals surface area contributed by atoms with Gasteiger partial charge in [0.15, 0.2) is 0 Å². The van der Waals surface area contributed by atoms with Crippen molar-refractivity contribution < 1.29 is 8.42 Å². The van der Waals surface area contributed by atoms with Gasteiger partial charge in [-0.05, 0) is 18.6 Å². The number of hydrogen-bond acceptors (Lipinski definition) is 3. The van der Waals surface area contributed by atoms with Crippen LogP contribution in [0.1, 0.15) is 6.42 Å². The molecule has 1 heterocycles. The minimum atomic E-state index is -3.42. The standard InChI is InChI=1S/C12H14ClN3O2S/c13-11-9-14-16(10-11)8-4-7-15-19(17,18)12-5-2-1-3-6-12/h1-3,5-6,9-10,15H,4,7-8H2. The minimum Gasteiger partial charge on any atom is -0.271 e.